The molecule has 0 aliphatic carbocycles. The van der Waals surface area contributed by atoms with Gasteiger partial charge in [-0.3, -0.25) is 0 Å². The minimum Gasteiger partial charge on any atom is -0.392 e. The number of nitrogens with one attached hydrogen (secondary N) is 1. The quantitative estimate of drug-likeness (QED) is 0.756. The second-order valence-corrected chi connectivity index (χ2v) is 5.53. The molecule has 2 rings (SSSR count). The third-order valence-electron chi connectivity index (χ3n) is 4.08. The third kappa shape index (κ3) is 3.44. The highest BCUT2D eigenvalue weighted by Crippen LogP contribution is 2.22. The van der Waals surface area contributed by atoms with E-state index >= 15 is 0 Å². The van der Waals surface area contributed by atoms with E-state index in [1.54, 1.807) is 0 Å². The highest BCUT2D eigenvalue weighted by molar-refractivity contribution is 4.85. The van der Waals surface area contributed by atoms with Gasteiger partial charge in [0.05, 0.1) is 6.10 Å². The molecule has 94 valence electrons. The molecule has 2 fully saturated rings. The Bertz CT molecular complexity index is 202. The van der Waals surface area contributed by atoms with Crippen LogP contribution in [0.3, 0.4) is 0 Å². The molecular formula is C13H26N2O. The molecule has 3 heteroatoms. The predicted octanol–water partition coefficient (Wildman–Crippen LogP) is 1.22. The van der Waals surface area contributed by atoms with Crippen molar-refractivity contribution in [3.63, 3.8) is 0 Å². The van der Waals surface area contributed by atoms with E-state index < -0.39 is 0 Å². The van der Waals surface area contributed by atoms with Crippen LogP contribution in [-0.2, 0) is 0 Å². The Labute approximate surface area is 99.2 Å². The second kappa shape index (κ2) is 5.99. The minimum absolute atomic E-state index is 0.109. The lowest BCUT2D eigenvalue weighted by Gasteiger charge is -2.33. The van der Waals surface area contributed by atoms with Crippen LogP contribution in [0.25, 0.3) is 0 Å². The van der Waals surface area contributed by atoms with Crippen LogP contribution in [0.15, 0.2) is 0 Å². The Hall–Kier alpha value is -0.120. The average molecular weight is 226 g/mol. The Kier molecular flexibility index (Phi) is 4.62. The summed E-state index contributed by atoms with van der Waals surface area (Å²) in [5.41, 5.74) is 0. The maximum atomic E-state index is 9.46. The molecule has 0 spiro atoms. The smallest absolute Gasteiger partial charge is 0.0680 e. The highest BCUT2D eigenvalue weighted by atomic mass is 16.3. The number of rotatable bonds is 4. The number of nitrogens with zero attached hydrogens (tertiary/aromatic N) is 1. The van der Waals surface area contributed by atoms with Crippen LogP contribution in [0.4, 0.5) is 0 Å². The van der Waals surface area contributed by atoms with Crippen LogP contribution in [0.5, 0.6) is 0 Å². The molecule has 0 radical (unpaired) electrons. The fraction of sp³-hybridized carbons (Fsp3) is 1.00. The molecule has 2 aliphatic rings. The van der Waals surface area contributed by atoms with Gasteiger partial charge in [0.25, 0.3) is 0 Å². The summed E-state index contributed by atoms with van der Waals surface area (Å²) in [4.78, 5) is 2.57. The van der Waals surface area contributed by atoms with E-state index in [4.69, 9.17) is 0 Å². The van der Waals surface area contributed by atoms with Gasteiger partial charge in [0.1, 0.15) is 0 Å². The van der Waals surface area contributed by atoms with Gasteiger partial charge in [0.15, 0.2) is 0 Å². The Morgan fingerprint density at radius 1 is 1.31 bits per heavy atom. The average Bonchev–Trinajstić information content (AvgIpc) is 2.67. The van der Waals surface area contributed by atoms with Crippen molar-refractivity contribution >= 4 is 0 Å². The number of β-amino-alcohol motifs (C(OH)–C–C–N with tert-alkyl or cyclic N) is 1. The van der Waals surface area contributed by atoms with Crippen molar-refractivity contribution in [1.82, 2.24) is 10.2 Å². The van der Waals surface area contributed by atoms with Crippen LogP contribution < -0.4 is 5.32 Å². The van der Waals surface area contributed by atoms with Crippen molar-refractivity contribution < 1.29 is 5.11 Å². The van der Waals surface area contributed by atoms with Crippen LogP contribution in [0.2, 0.25) is 0 Å². The van der Waals surface area contributed by atoms with Crippen LogP contribution >= 0.6 is 0 Å². The van der Waals surface area contributed by atoms with Crippen LogP contribution in [0, 0.1) is 5.92 Å². The van der Waals surface area contributed by atoms with Crippen molar-refractivity contribution in [3.8, 4) is 0 Å². The van der Waals surface area contributed by atoms with Gasteiger partial charge in [0.2, 0.25) is 0 Å². The minimum atomic E-state index is -0.109. The van der Waals surface area contributed by atoms with Crippen molar-refractivity contribution in [2.45, 2.75) is 51.2 Å². The molecule has 2 aliphatic heterocycles. The molecule has 0 amide bonds. The van der Waals surface area contributed by atoms with Gasteiger partial charge in [-0.25, -0.2) is 0 Å². The molecule has 3 nitrogen and oxygen atoms in total. The number of piperidine rings is 1. The molecule has 2 N–H and O–H groups in total. The van der Waals surface area contributed by atoms with E-state index in [-0.39, 0.29) is 6.10 Å². The summed E-state index contributed by atoms with van der Waals surface area (Å²) in [6, 6.07) is 0.526. The summed E-state index contributed by atoms with van der Waals surface area (Å²) < 4.78 is 0. The SMILES string of the molecule is CCCC1CCN(CC2CC(O)CN2)CC1. The van der Waals surface area contributed by atoms with Gasteiger partial charge in [-0.05, 0) is 38.3 Å². The molecule has 0 bridgehead atoms. The maximum Gasteiger partial charge on any atom is 0.0680 e. The van der Waals surface area contributed by atoms with Gasteiger partial charge >= 0.3 is 0 Å². The zero-order chi connectivity index (χ0) is 11.4. The molecule has 16 heavy (non-hydrogen) atoms. The first-order chi connectivity index (χ1) is 7.78. The molecule has 0 aromatic heterocycles. The summed E-state index contributed by atoms with van der Waals surface area (Å²) >= 11 is 0. The van der Waals surface area contributed by atoms with Crippen LogP contribution in [0.1, 0.15) is 39.0 Å². The van der Waals surface area contributed by atoms with Crippen molar-refractivity contribution in [1.29, 1.82) is 0 Å². The predicted molar refractivity (Wildman–Crippen MR) is 66.5 cm³/mol. The standard InChI is InChI=1S/C13H26N2O/c1-2-3-11-4-6-15(7-5-11)10-12-8-13(16)9-14-12/h11-14,16H,2-10H2,1H3. The molecule has 2 heterocycles. The Morgan fingerprint density at radius 3 is 2.62 bits per heavy atom. The summed E-state index contributed by atoms with van der Waals surface area (Å²) in [5.74, 6) is 0.975. The van der Waals surface area contributed by atoms with Crippen molar-refractivity contribution in [2.75, 3.05) is 26.2 Å². The van der Waals surface area contributed by atoms with Crippen molar-refractivity contribution in [2.24, 2.45) is 5.92 Å². The van der Waals surface area contributed by atoms with Gasteiger partial charge in [-0.1, -0.05) is 19.8 Å². The molecule has 0 aromatic carbocycles. The first kappa shape index (κ1) is 12.3. The fourth-order valence-corrected chi connectivity index (χ4v) is 3.11. The van der Waals surface area contributed by atoms with Gasteiger partial charge < -0.3 is 15.3 Å². The maximum absolute atomic E-state index is 9.46. The lowest BCUT2D eigenvalue weighted by Crippen LogP contribution is -2.41. The van der Waals surface area contributed by atoms with E-state index in [9.17, 15) is 5.11 Å². The zero-order valence-corrected chi connectivity index (χ0v) is 10.5. The van der Waals surface area contributed by atoms with E-state index in [1.165, 1.54) is 38.8 Å². The molecule has 0 saturated carbocycles. The monoisotopic (exact) mass is 226 g/mol. The number of hydrogen-bond donors (Lipinski definition) is 2. The van der Waals surface area contributed by atoms with Crippen LogP contribution in [-0.4, -0.2) is 48.3 Å². The molecule has 2 atom stereocenters. The van der Waals surface area contributed by atoms with E-state index in [0.29, 0.717) is 6.04 Å². The fourth-order valence-electron chi connectivity index (χ4n) is 3.11. The molecule has 2 unspecified atom stereocenters. The summed E-state index contributed by atoms with van der Waals surface area (Å²) in [6.07, 6.45) is 6.33. The number of likely N-dealkylation sites (tertiary alicyclic amines) is 1. The third-order valence-corrected chi connectivity index (χ3v) is 4.08. The summed E-state index contributed by atoms with van der Waals surface area (Å²) in [7, 11) is 0. The lowest BCUT2D eigenvalue weighted by molar-refractivity contribution is 0.158. The summed E-state index contributed by atoms with van der Waals surface area (Å²) in [6.45, 7) is 6.74. The highest BCUT2D eigenvalue weighted by Gasteiger charge is 2.26. The van der Waals surface area contributed by atoms with Gasteiger partial charge in [0, 0.05) is 19.1 Å². The number of aliphatic hydroxyl groups excluding tert-OH is 1. The first-order valence-electron chi connectivity index (χ1n) is 6.91. The van der Waals surface area contributed by atoms with Gasteiger partial charge in [-0.2, -0.15) is 0 Å². The van der Waals surface area contributed by atoms with Gasteiger partial charge in [-0.15, -0.1) is 0 Å². The zero-order valence-electron chi connectivity index (χ0n) is 10.5. The van der Waals surface area contributed by atoms with E-state index in [1.807, 2.05) is 0 Å². The number of hydrogen-bond acceptors (Lipinski definition) is 3. The Balaban J connectivity index is 1.65. The largest absolute Gasteiger partial charge is 0.392 e. The summed E-state index contributed by atoms with van der Waals surface area (Å²) in [5, 5.41) is 12.9. The topological polar surface area (TPSA) is 35.5 Å². The number of aliphatic hydroxyl groups is 1. The molecular weight excluding hydrogens is 200 g/mol. The van der Waals surface area contributed by atoms with Crippen molar-refractivity contribution in [3.05, 3.63) is 0 Å². The Morgan fingerprint density at radius 2 is 2.06 bits per heavy atom. The molecule has 0 aromatic rings. The van der Waals surface area contributed by atoms with E-state index in [0.717, 1.165) is 25.4 Å². The molecule has 2 saturated heterocycles. The second-order valence-electron chi connectivity index (χ2n) is 5.53. The normalized spacial score (nSPS) is 33.4. The van der Waals surface area contributed by atoms with E-state index in [2.05, 4.69) is 17.1 Å². The first-order valence-corrected chi connectivity index (χ1v) is 6.91. The lowest BCUT2D eigenvalue weighted by atomic mass is 9.92.